The topological polar surface area (TPSA) is 83.0 Å². The average Bonchev–Trinajstić information content (AvgIpc) is 3.15. The second-order valence-electron chi connectivity index (χ2n) is 4.34. The summed E-state index contributed by atoms with van der Waals surface area (Å²) >= 11 is 0. The summed E-state index contributed by atoms with van der Waals surface area (Å²) in [5.74, 6) is 0.361. The summed E-state index contributed by atoms with van der Waals surface area (Å²) in [6, 6.07) is 9.32. The second kappa shape index (κ2) is 5.58. The van der Waals surface area contributed by atoms with Gasteiger partial charge in [-0.15, -0.1) is 10.2 Å². The van der Waals surface area contributed by atoms with Crippen molar-refractivity contribution in [3.05, 3.63) is 54.4 Å². The first kappa shape index (κ1) is 13.0. The zero-order valence-corrected chi connectivity index (χ0v) is 11.3. The first-order valence-corrected chi connectivity index (χ1v) is 6.25. The van der Waals surface area contributed by atoms with Gasteiger partial charge < -0.3 is 13.7 Å². The minimum atomic E-state index is -0.566. The van der Waals surface area contributed by atoms with E-state index < -0.39 is 5.97 Å². The largest absolute Gasteiger partial charge is 0.453 e. The Morgan fingerprint density at radius 2 is 2.14 bits per heavy atom. The van der Waals surface area contributed by atoms with Gasteiger partial charge in [-0.2, -0.15) is 0 Å². The summed E-state index contributed by atoms with van der Waals surface area (Å²) in [5.41, 5.74) is 0.917. The number of nitrogens with zero attached hydrogens (tertiary/aromatic N) is 4. The normalized spacial score (nSPS) is 10.5. The van der Waals surface area contributed by atoms with Crippen LogP contribution in [0.2, 0.25) is 0 Å². The molecule has 21 heavy (non-hydrogen) atoms. The van der Waals surface area contributed by atoms with Crippen molar-refractivity contribution in [2.75, 3.05) is 0 Å². The fraction of sp³-hybridized carbons (Fsp3) is 0.143. The van der Waals surface area contributed by atoms with Crippen molar-refractivity contribution in [3.63, 3.8) is 0 Å². The molecule has 3 rings (SSSR count). The molecule has 0 saturated carbocycles. The molecule has 0 unspecified atom stereocenters. The van der Waals surface area contributed by atoms with Gasteiger partial charge in [-0.3, -0.25) is 0 Å². The SMILES string of the molecule is Cn1cnnc1COC(=O)c1coc(-c2ccccc2)n1. The molecule has 0 radical (unpaired) electrons. The highest BCUT2D eigenvalue weighted by Gasteiger charge is 2.15. The maximum atomic E-state index is 11.9. The molecule has 0 bridgehead atoms. The van der Waals surface area contributed by atoms with Crippen molar-refractivity contribution in [2.24, 2.45) is 7.05 Å². The van der Waals surface area contributed by atoms with E-state index in [1.807, 2.05) is 30.3 Å². The van der Waals surface area contributed by atoms with Crippen LogP contribution in [-0.4, -0.2) is 25.7 Å². The Bertz CT molecular complexity index is 748. The van der Waals surface area contributed by atoms with Crippen LogP contribution in [0.15, 0.2) is 47.3 Å². The number of carbonyl (C=O) groups is 1. The fourth-order valence-electron chi connectivity index (χ4n) is 1.72. The van der Waals surface area contributed by atoms with E-state index in [0.717, 1.165) is 5.56 Å². The maximum Gasteiger partial charge on any atom is 0.360 e. The van der Waals surface area contributed by atoms with Crippen LogP contribution >= 0.6 is 0 Å². The van der Waals surface area contributed by atoms with Crippen LogP contribution in [-0.2, 0) is 18.4 Å². The molecule has 0 aliphatic carbocycles. The van der Waals surface area contributed by atoms with Crippen LogP contribution in [0.3, 0.4) is 0 Å². The number of aryl methyl sites for hydroxylation is 1. The molecule has 0 atom stereocenters. The van der Waals surface area contributed by atoms with E-state index in [9.17, 15) is 4.79 Å². The van der Waals surface area contributed by atoms with Crippen molar-refractivity contribution in [2.45, 2.75) is 6.61 Å². The number of hydrogen-bond donors (Lipinski definition) is 0. The highest BCUT2D eigenvalue weighted by Crippen LogP contribution is 2.18. The molecule has 0 amide bonds. The third-order valence-electron chi connectivity index (χ3n) is 2.87. The molecular formula is C14H12N4O3. The van der Waals surface area contributed by atoms with Gasteiger partial charge >= 0.3 is 5.97 Å². The quantitative estimate of drug-likeness (QED) is 0.680. The Labute approximate surface area is 120 Å². The van der Waals surface area contributed by atoms with E-state index in [4.69, 9.17) is 9.15 Å². The van der Waals surface area contributed by atoms with Crippen LogP contribution in [0.4, 0.5) is 0 Å². The standard InChI is InChI=1S/C14H12N4O3/c1-18-9-15-17-12(18)8-21-14(19)11-7-20-13(16-11)10-5-3-2-4-6-10/h2-7,9H,8H2,1H3. The lowest BCUT2D eigenvalue weighted by molar-refractivity contribution is 0.0452. The third kappa shape index (κ3) is 2.81. The van der Waals surface area contributed by atoms with E-state index in [-0.39, 0.29) is 12.3 Å². The zero-order chi connectivity index (χ0) is 14.7. The number of esters is 1. The third-order valence-corrected chi connectivity index (χ3v) is 2.87. The van der Waals surface area contributed by atoms with E-state index in [1.165, 1.54) is 12.6 Å². The summed E-state index contributed by atoms with van der Waals surface area (Å²) in [6.45, 7) is 0.0306. The van der Waals surface area contributed by atoms with Crippen molar-refractivity contribution in [1.29, 1.82) is 0 Å². The number of aromatic nitrogens is 4. The molecule has 0 saturated heterocycles. The molecule has 0 fully saturated rings. The molecule has 106 valence electrons. The van der Waals surface area contributed by atoms with E-state index in [1.54, 1.807) is 11.6 Å². The van der Waals surface area contributed by atoms with Gasteiger partial charge in [0.1, 0.15) is 12.6 Å². The monoisotopic (exact) mass is 284 g/mol. The number of hydrogen-bond acceptors (Lipinski definition) is 6. The van der Waals surface area contributed by atoms with Gasteiger partial charge in [0.05, 0.1) is 0 Å². The summed E-state index contributed by atoms with van der Waals surface area (Å²) in [4.78, 5) is 16.0. The van der Waals surface area contributed by atoms with E-state index in [2.05, 4.69) is 15.2 Å². The van der Waals surface area contributed by atoms with Crippen molar-refractivity contribution < 1.29 is 13.9 Å². The molecule has 1 aromatic carbocycles. The summed E-state index contributed by atoms with van der Waals surface area (Å²) in [6.07, 6.45) is 2.81. The van der Waals surface area contributed by atoms with Crippen LogP contribution in [0.1, 0.15) is 16.3 Å². The minimum Gasteiger partial charge on any atom is -0.453 e. The van der Waals surface area contributed by atoms with E-state index >= 15 is 0 Å². The Balaban J connectivity index is 1.69. The van der Waals surface area contributed by atoms with Crippen LogP contribution in [0, 0.1) is 0 Å². The van der Waals surface area contributed by atoms with Crippen LogP contribution in [0.25, 0.3) is 11.5 Å². The predicted molar refractivity (Wildman–Crippen MR) is 72.1 cm³/mol. The zero-order valence-electron chi connectivity index (χ0n) is 11.3. The number of benzene rings is 1. The lowest BCUT2D eigenvalue weighted by Crippen LogP contribution is -2.08. The van der Waals surface area contributed by atoms with Gasteiger partial charge in [0.2, 0.25) is 5.89 Å². The highest BCUT2D eigenvalue weighted by molar-refractivity contribution is 5.87. The Morgan fingerprint density at radius 3 is 2.86 bits per heavy atom. The Kier molecular flexibility index (Phi) is 3.46. The molecule has 2 heterocycles. The lowest BCUT2D eigenvalue weighted by Gasteiger charge is -2.01. The van der Waals surface area contributed by atoms with Gasteiger partial charge in [-0.25, -0.2) is 9.78 Å². The summed E-state index contributed by atoms with van der Waals surface area (Å²) in [5, 5.41) is 7.53. The molecule has 3 aromatic rings. The molecule has 2 aromatic heterocycles. The summed E-state index contributed by atoms with van der Waals surface area (Å²) < 4.78 is 12.1. The van der Waals surface area contributed by atoms with Crippen LogP contribution < -0.4 is 0 Å². The second-order valence-corrected chi connectivity index (χ2v) is 4.34. The maximum absolute atomic E-state index is 11.9. The molecule has 7 heteroatoms. The first-order valence-electron chi connectivity index (χ1n) is 6.25. The predicted octanol–water partition coefficient (Wildman–Crippen LogP) is 1.83. The average molecular weight is 284 g/mol. The number of rotatable bonds is 4. The van der Waals surface area contributed by atoms with Gasteiger partial charge in [0, 0.05) is 12.6 Å². The molecule has 7 nitrogen and oxygen atoms in total. The van der Waals surface area contributed by atoms with Crippen LogP contribution in [0.5, 0.6) is 0 Å². The smallest absolute Gasteiger partial charge is 0.360 e. The van der Waals surface area contributed by atoms with Crippen molar-refractivity contribution in [1.82, 2.24) is 19.7 Å². The van der Waals surface area contributed by atoms with E-state index in [0.29, 0.717) is 11.7 Å². The Hall–Kier alpha value is -2.96. The number of carbonyl (C=O) groups excluding carboxylic acids is 1. The van der Waals surface area contributed by atoms with Gasteiger partial charge in [0.25, 0.3) is 0 Å². The summed E-state index contributed by atoms with van der Waals surface area (Å²) in [7, 11) is 1.77. The van der Waals surface area contributed by atoms with Gasteiger partial charge in [-0.05, 0) is 12.1 Å². The van der Waals surface area contributed by atoms with Crippen molar-refractivity contribution in [3.8, 4) is 11.5 Å². The Morgan fingerprint density at radius 1 is 1.33 bits per heavy atom. The lowest BCUT2D eigenvalue weighted by atomic mass is 10.2. The molecule has 0 spiro atoms. The number of oxazole rings is 1. The minimum absolute atomic E-state index is 0.0306. The molecule has 0 N–H and O–H groups in total. The molecule has 0 aliphatic heterocycles. The van der Waals surface area contributed by atoms with Crippen molar-refractivity contribution >= 4 is 5.97 Å². The van der Waals surface area contributed by atoms with Gasteiger partial charge in [-0.1, -0.05) is 18.2 Å². The highest BCUT2D eigenvalue weighted by atomic mass is 16.5. The molecular weight excluding hydrogens is 272 g/mol. The number of ether oxygens (including phenoxy) is 1. The fourth-order valence-corrected chi connectivity index (χ4v) is 1.72. The molecule has 0 aliphatic rings. The first-order chi connectivity index (χ1) is 10.2. The van der Waals surface area contributed by atoms with Gasteiger partial charge in [0.15, 0.2) is 18.1 Å².